The molecule has 2 atom stereocenters. The molecule has 1 aliphatic rings. The minimum Gasteiger partial charge on any atom is -0.465 e. The zero-order valence-electron chi connectivity index (χ0n) is 11.1. The van der Waals surface area contributed by atoms with Gasteiger partial charge in [0, 0.05) is 17.9 Å². The maximum absolute atomic E-state index is 11.6. The van der Waals surface area contributed by atoms with Gasteiger partial charge in [0.25, 0.3) is 0 Å². The molecule has 3 N–H and O–H groups in total. The highest BCUT2D eigenvalue weighted by Gasteiger charge is 2.31. The van der Waals surface area contributed by atoms with E-state index in [2.05, 4.69) is 12.2 Å². The molecule has 0 saturated heterocycles. The van der Waals surface area contributed by atoms with Gasteiger partial charge in [-0.25, -0.2) is 4.79 Å². The summed E-state index contributed by atoms with van der Waals surface area (Å²) in [5.74, 6) is 1.18. The van der Waals surface area contributed by atoms with Crippen LogP contribution in [0.5, 0.6) is 0 Å². The quantitative estimate of drug-likeness (QED) is 0.634. The normalized spacial score (nSPS) is 21.5. The lowest BCUT2D eigenvalue weighted by atomic mass is 10.1. The van der Waals surface area contributed by atoms with Gasteiger partial charge in [0.05, 0.1) is 12.7 Å². The standard InChI is InChI=1S/C14H20N2O2/c1-8-4-10(8)7-16-11-5-9(2)13(15)12(6-11)14(17)18-3/h5-6,8,10,16H,4,7,15H2,1-3H3. The second kappa shape index (κ2) is 4.88. The van der Waals surface area contributed by atoms with Crippen molar-refractivity contribution in [3.8, 4) is 0 Å². The smallest absolute Gasteiger partial charge is 0.340 e. The largest absolute Gasteiger partial charge is 0.465 e. The molecule has 4 nitrogen and oxygen atoms in total. The first-order valence-corrected chi connectivity index (χ1v) is 6.25. The molecule has 0 aliphatic heterocycles. The molecule has 0 aromatic heterocycles. The predicted molar refractivity (Wildman–Crippen MR) is 72.7 cm³/mol. The third kappa shape index (κ3) is 2.58. The van der Waals surface area contributed by atoms with Gasteiger partial charge in [-0.2, -0.15) is 0 Å². The van der Waals surface area contributed by atoms with Crippen molar-refractivity contribution in [2.45, 2.75) is 20.3 Å². The van der Waals surface area contributed by atoms with Gasteiger partial charge in [-0.15, -0.1) is 0 Å². The molecule has 1 aromatic rings. The Bertz CT molecular complexity index is 471. The van der Waals surface area contributed by atoms with Crippen LogP contribution in [0.15, 0.2) is 12.1 Å². The van der Waals surface area contributed by atoms with Crippen LogP contribution in [0.25, 0.3) is 0 Å². The second-order valence-corrected chi connectivity index (χ2v) is 5.10. The summed E-state index contributed by atoms with van der Waals surface area (Å²) in [5.41, 5.74) is 8.64. The van der Waals surface area contributed by atoms with Gasteiger partial charge < -0.3 is 15.8 Å². The van der Waals surface area contributed by atoms with E-state index in [4.69, 9.17) is 10.5 Å². The first-order valence-electron chi connectivity index (χ1n) is 6.25. The summed E-state index contributed by atoms with van der Waals surface area (Å²) < 4.78 is 4.74. The molecule has 1 saturated carbocycles. The van der Waals surface area contributed by atoms with E-state index in [-0.39, 0.29) is 5.97 Å². The first kappa shape index (κ1) is 12.7. The number of methoxy groups -OCH3 is 1. The monoisotopic (exact) mass is 248 g/mol. The van der Waals surface area contributed by atoms with E-state index in [1.807, 2.05) is 13.0 Å². The zero-order chi connectivity index (χ0) is 13.3. The Labute approximate surface area is 108 Å². The highest BCUT2D eigenvalue weighted by Crippen LogP contribution is 2.37. The Balaban J connectivity index is 2.15. The van der Waals surface area contributed by atoms with E-state index < -0.39 is 0 Å². The van der Waals surface area contributed by atoms with Gasteiger partial charge in [0.2, 0.25) is 0 Å². The Morgan fingerprint density at radius 1 is 1.56 bits per heavy atom. The van der Waals surface area contributed by atoms with Crippen molar-refractivity contribution < 1.29 is 9.53 Å². The van der Waals surface area contributed by atoms with Crippen molar-refractivity contribution in [2.24, 2.45) is 11.8 Å². The van der Waals surface area contributed by atoms with Gasteiger partial charge in [-0.1, -0.05) is 6.92 Å². The van der Waals surface area contributed by atoms with Crippen LogP contribution in [-0.2, 0) is 4.74 Å². The molecule has 0 spiro atoms. The van der Waals surface area contributed by atoms with Crippen LogP contribution in [0.2, 0.25) is 0 Å². The van der Waals surface area contributed by atoms with Crippen LogP contribution in [0.3, 0.4) is 0 Å². The van der Waals surface area contributed by atoms with Crippen LogP contribution in [0.1, 0.15) is 29.3 Å². The molecule has 1 fully saturated rings. The second-order valence-electron chi connectivity index (χ2n) is 5.10. The van der Waals surface area contributed by atoms with Gasteiger partial charge >= 0.3 is 5.97 Å². The molecular weight excluding hydrogens is 228 g/mol. The summed E-state index contributed by atoms with van der Waals surface area (Å²) in [6.07, 6.45) is 1.28. The number of hydrogen-bond donors (Lipinski definition) is 2. The molecule has 2 rings (SSSR count). The minimum atomic E-state index is -0.390. The van der Waals surface area contributed by atoms with Crippen molar-refractivity contribution in [1.29, 1.82) is 0 Å². The molecule has 0 radical (unpaired) electrons. The molecule has 1 aromatic carbocycles. The summed E-state index contributed by atoms with van der Waals surface area (Å²) in [4.78, 5) is 11.6. The molecule has 1 aliphatic carbocycles. The molecule has 4 heteroatoms. The molecule has 98 valence electrons. The number of esters is 1. The maximum atomic E-state index is 11.6. The number of ether oxygens (including phenoxy) is 1. The highest BCUT2D eigenvalue weighted by molar-refractivity contribution is 5.97. The van der Waals surface area contributed by atoms with Gasteiger partial charge in [-0.05, 0) is 42.9 Å². The number of aryl methyl sites for hydroxylation is 1. The molecular formula is C14H20N2O2. The molecule has 2 unspecified atom stereocenters. The lowest BCUT2D eigenvalue weighted by molar-refractivity contribution is 0.0602. The third-order valence-electron chi connectivity index (χ3n) is 3.64. The lowest BCUT2D eigenvalue weighted by Crippen LogP contribution is -2.10. The van der Waals surface area contributed by atoms with Crippen LogP contribution in [0, 0.1) is 18.8 Å². The van der Waals surface area contributed by atoms with E-state index in [9.17, 15) is 4.79 Å². The Hall–Kier alpha value is -1.71. The fourth-order valence-corrected chi connectivity index (χ4v) is 2.11. The third-order valence-corrected chi connectivity index (χ3v) is 3.64. The van der Waals surface area contributed by atoms with Crippen molar-refractivity contribution in [2.75, 3.05) is 24.7 Å². The average molecular weight is 248 g/mol. The SMILES string of the molecule is COC(=O)c1cc(NCC2CC2C)cc(C)c1N. The predicted octanol–water partition coefficient (Wildman–Crippen LogP) is 2.43. The van der Waals surface area contributed by atoms with E-state index >= 15 is 0 Å². The van der Waals surface area contributed by atoms with Gasteiger partial charge in [0.1, 0.15) is 0 Å². The molecule has 0 bridgehead atoms. The van der Waals surface area contributed by atoms with Crippen molar-refractivity contribution in [1.82, 2.24) is 0 Å². The number of carbonyl (C=O) groups is 1. The van der Waals surface area contributed by atoms with E-state index in [1.54, 1.807) is 6.07 Å². The number of nitrogen functional groups attached to an aromatic ring is 1. The number of anilines is 2. The summed E-state index contributed by atoms with van der Waals surface area (Å²) in [7, 11) is 1.36. The summed E-state index contributed by atoms with van der Waals surface area (Å²) in [6, 6.07) is 3.73. The summed E-state index contributed by atoms with van der Waals surface area (Å²) >= 11 is 0. The van der Waals surface area contributed by atoms with Crippen molar-refractivity contribution in [3.05, 3.63) is 23.3 Å². The van der Waals surface area contributed by atoms with Gasteiger partial charge in [-0.3, -0.25) is 0 Å². The Morgan fingerprint density at radius 2 is 2.22 bits per heavy atom. The first-order chi connectivity index (χ1) is 8.52. The minimum absolute atomic E-state index is 0.390. The van der Waals surface area contributed by atoms with Crippen molar-refractivity contribution in [3.63, 3.8) is 0 Å². The maximum Gasteiger partial charge on any atom is 0.340 e. The van der Waals surface area contributed by atoms with E-state index in [1.165, 1.54) is 13.5 Å². The summed E-state index contributed by atoms with van der Waals surface area (Å²) in [5, 5.41) is 3.36. The molecule has 0 amide bonds. The molecule has 18 heavy (non-hydrogen) atoms. The lowest BCUT2D eigenvalue weighted by Gasteiger charge is -2.12. The van der Waals surface area contributed by atoms with Crippen LogP contribution in [0.4, 0.5) is 11.4 Å². The van der Waals surface area contributed by atoms with Crippen LogP contribution < -0.4 is 11.1 Å². The molecule has 0 heterocycles. The van der Waals surface area contributed by atoms with E-state index in [0.717, 1.165) is 29.6 Å². The van der Waals surface area contributed by atoms with Crippen LogP contribution in [-0.4, -0.2) is 19.6 Å². The highest BCUT2D eigenvalue weighted by atomic mass is 16.5. The number of hydrogen-bond acceptors (Lipinski definition) is 4. The fourth-order valence-electron chi connectivity index (χ4n) is 2.11. The Kier molecular flexibility index (Phi) is 3.45. The van der Waals surface area contributed by atoms with Crippen LogP contribution >= 0.6 is 0 Å². The number of carbonyl (C=O) groups excluding carboxylic acids is 1. The van der Waals surface area contributed by atoms with Crippen molar-refractivity contribution >= 4 is 17.3 Å². The zero-order valence-corrected chi connectivity index (χ0v) is 11.1. The van der Waals surface area contributed by atoms with Gasteiger partial charge in [0.15, 0.2) is 0 Å². The van der Waals surface area contributed by atoms with E-state index in [0.29, 0.717) is 11.3 Å². The topological polar surface area (TPSA) is 64.3 Å². The fraction of sp³-hybridized carbons (Fsp3) is 0.500. The number of rotatable bonds is 4. The number of nitrogens with two attached hydrogens (primary N) is 1. The summed E-state index contributed by atoms with van der Waals surface area (Å²) in [6.45, 7) is 5.10. The Morgan fingerprint density at radius 3 is 2.78 bits per heavy atom. The average Bonchev–Trinajstić information content (AvgIpc) is 3.05. The number of benzene rings is 1. The number of nitrogens with one attached hydrogen (secondary N) is 1.